The molecule has 20 heavy (non-hydrogen) atoms. The van der Waals surface area contributed by atoms with Crippen molar-refractivity contribution in [2.24, 2.45) is 0 Å². The molecule has 1 aromatic heterocycles. The Morgan fingerprint density at radius 2 is 2.10 bits per heavy atom. The van der Waals surface area contributed by atoms with Gasteiger partial charge in [0.1, 0.15) is 0 Å². The van der Waals surface area contributed by atoms with Crippen molar-refractivity contribution < 1.29 is 9.47 Å². The monoisotopic (exact) mass is 277 g/mol. The van der Waals surface area contributed by atoms with Crippen molar-refractivity contribution in [1.29, 1.82) is 0 Å². The van der Waals surface area contributed by atoms with Crippen molar-refractivity contribution in [2.45, 2.75) is 13.5 Å². The van der Waals surface area contributed by atoms with Gasteiger partial charge in [0.2, 0.25) is 0 Å². The van der Waals surface area contributed by atoms with Crippen molar-refractivity contribution in [2.75, 3.05) is 32.7 Å². The van der Waals surface area contributed by atoms with Crippen molar-refractivity contribution in [3.8, 4) is 11.4 Å². The number of nitrogens with zero attached hydrogens (tertiary/aromatic N) is 4. The number of aryl methyl sites for hydroxylation is 1. The molecule has 0 amide bonds. The van der Waals surface area contributed by atoms with Crippen LogP contribution < -0.4 is 5.73 Å². The first-order valence-electron chi connectivity index (χ1n) is 6.41. The number of nitrogen functional groups attached to an aromatic ring is 1. The van der Waals surface area contributed by atoms with Gasteiger partial charge in [0.05, 0.1) is 26.4 Å². The van der Waals surface area contributed by atoms with Gasteiger partial charge in [0.15, 0.2) is 5.82 Å². The van der Waals surface area contributed by atoms with E-state index < -0.39 is 0 Å². The molecule has 2 rings (SSSR count). The number of ether oxygens (including phenoxy) is 2. The van der Waals surface area contributed by atoms with Crippen molar-refractivity contribution >= 4 is 5.69 Å². The zero-order valence-corrected chi connectivity index (χ0v) is 11.7. The van der Waals surface area contributed by atoms with Gasteiger partial charge in [-0.2, -0.15) is 0 Å². The second kappa shape index (κ2) is 6.97. The lowest BCUT2D eigenvalue weighted by molar-refractivity contribution is 0.0654. The fourth-order valence-corrected chi connectivity index (χ4v) is 1.81. The first kappa shape index (κ1) is 14.4. The Hall–Kier alpha value is -1.99. The molecule has 108 valence electrons. The summed E-state index contributed by atoms with van der Waals surface area (Å²) in [5.41, 5.74) is 8.60. The lowest BCUT2D eigenvalue weighted by Gasteiger charge is -2.08. The molecule has 0 fully saturated rings. The van der Waals surface area contributed by atoms with Gasteiger partial charge < -0.3 is 15.2 Å². The molecule has 7 nitrogen and oxygen atoms in total. The minimum atomic E-state index is 0.521. The number of rotatable bonds is 7. The minimum absolute atomic E-state index is 0.521. The van der Waals surface area contributed by atoms with Gasteiger partial charge in [-0.3, -0.25) is 0 Å². The molecule has 0 aliphatic carbocycles. The molecule has 0 bridgehead atoms. The fraction of sp³-hybridized carbons (Fsp3) is 0.462. The molecular formula is C13H19N5O2. The van der Waals surface area contributed by atoms with E-state index in [9.17, 15) is 0 Å². The number of anilines is 1. The van der Waals surface area contributed by atoms with Crippen LogP contribution in [0, 0.1) is 6.92 Å². The maximum atomic E-state index is 5.99. The van der Waals surface area contributed by atoms with Crippen molar-refractivity contribution in [3.63, 3.8) is 0 Å². The van der Waals surface area contributed by atoms with Crippen LogP contribution in [0.25, 0.3) is 11.4 Å². The zero-order valence-electron chi connectivity index (χ0n) is 11.7. The van der Waals surface area contributed by atoms with Crippen LogP contribution in [0.2, 0.25) is 0 Å². The van der Waals surface area contributed by atoms with E-state index in [1.54, 1.807) is 11.8 Å². The normalized spacial score (nSPS) is 10.9. The first-order valence-corrected chi connectivity index (χ1v) is 6.41. The molecule has 0 radical (unpaired) electrons. The van der Waals surface area contributed by atoms with Crippen molar-refractivity contribution in [3.05, 3.63) is 23.8 Å². The number of tetrazole rings is 1. The van der Waals surface area contributed by atoms with Crippen molar-refractivity contribution in [1.82, 2.24) is 20.2 Å². The number of benzene rings is 1. The molecular weight excluding hydrogens is 258 g/mol. The number of hydrogen-bond donors (Lipinski definition) is 1. The quantitative estimate of drug-likeness (QED) is 0.597. The van der Waals surface area contributed by atoms with Gasteiger partial charge >= 0.3 is 0 Å². The highest BCUT2D eigenvalue weighted by Gasteiger charge is 2.11. The summed E-state index contributed by atoms with van der Waals surface area (Å²) >= 11 is 0. The fourth-order valence-electron chi connectivity index (χ4n) is 1.81. The summed E-state index contributed by atoms with van der Waals surface area (Å²) in [7, 11) is 1.64. The zero-order chi connectivity index (χ0) is 14.4. The Morgan fingerprint density at radius 3 is 2.90 bits per heavy atom. The molecule has 0 saturated carbocycles. The summed E-state index contributed by atoms with van der Waals surface area (Å²) in [6.07, 6.45) is 0. The molecule has 2 aromatic rings. The summed E-state index contributed by atoms with van der Waals surface area (Å²) in [4.78, 5) is 0. The predicted octanol–water partition coefficient (Wildman–Crippen LogP) is 0.894. The van der Waals surface area contributed by atoms with E-state index in [0.717, 1.165) is 11.1 Å². The van der Waals surface area contributed by atoms with E-state index in [1.165, 1.54) is 0 Å². The number of aromatic nitrogens is 4. The van der Waals surface area contributed by atoms with Gasteiger partial charge in [0.25, 0.3) is 0 Å². The molecule has 1 aromatic carbocycles. The summed E-state index contributed by atoms with van der Waals surface area (Å²) < 4.78 is 12.0. The molecule has 0 unspecified atom stereocenters. The molecule has 0 spiro atoms. The van der Waals surface area contributed by atoms with Gasteiger partial charge in [0, 0.05) is 18.4 Å². The first-order chi connectivity index (χ1) is 9.72. The van der Waals surface area contributed by atoms with E-state index in [1.807, 2.05) is 25.1 Å². The highest BCUT2D eigenvalue weighted by molar-refractivity contribution is 5.71. The Balaban J connectivity index is 2.06. The van der Waals surface area contributed by atoms with Gasteiger partial charge in [-0.1, -0.05) is 11.6 Å². The summed E-state index contributed by atoms with van der Waals surface area (Å²) in [6, 6.07) is 5.79. The largest absolute Gasteiger partial charge is 0.398 e. The van der Waals surface area contributed by atoms with E-state index in [4.69, 9.17) is 15.2 Å². The van der Waals surface area contributed by atoms with E-state index >= 15 is 0 Å². The van der Waals surface area contributed by atoms with Crippen LogP contribution in [0.4, 0.5) is 5.69 Å². The predicted molar refractivity (Wildman–Crippen MR) is 75.1 cm³/mol. The van der Waals surface area contributed by atoms with Crippen LogP contribution in [-0.4, -0.2) is 47.1 Å². The average molecular weight is 277 g/mol. The Morgan fingerprint density at radius 1 is 1.25 bits per heavy atom. The number of nitrogens with two attached hydrogens (primary N) is 1. The van der Waals surface area contributed by atoms with E-state index in [0.29, 0.717) is 37.9 Å². The second-order valence-corrected chi connectivity index (χ2v) is 4.42. The maximum absolute atomic E-state index is 5.99. The highest BCUT2D eigenvalue weighted by Crippen LogP contribution is 2.24. The number of methoxy groups -OCH3 is 1. The van der Waals surface area contributed by atoms with Crippen LogP contribution in [-0.2, 0) is 16.0 Å². The van der Waals surface area contributed by atoms with Gasteiger partial charge in [-0.25, -0.2) is 4.68 Å². The lowest BCUT2D eigenvalue weighted by atomic mass is 10.1. The maximum Gasteiger partial charge on any atom is 0.184 e. The molecule has 7 heteroatoms. The van der Waals surface area contributed by atoms with Crippen LogP contribution in [0.5, 0.6) is 0 Å². The molecule has 0 aliphatic rings. The van der Waals surface area contributed by atoms with Crippen LogP contribution in [0.1, 0.15) is 5.56 Å². The van der Waals surface area contributed by atoms with E-state index in [-0.39, 0.29) is 0 Å². The van der Waals surface area contributed by atoms with Crippen LogP contribution in [0.3, 0.4) is 0 Å². The van der Waals surface area contributed by atoms with Crippen LogP contribution in [0.15, 0.2) is 18.2 Å². The smallest absolute Gasteiger partial charge is 0.184 e. The average Bonchev–Trinajstić information content (AvgIpc) is 2.89. The Kier molecular flexibility index (Phi) is 5.03. The van der Waals surface area contributed by atoms with Gasteiger partial charge in [-0.05, 0) is 29.5 Å². The summed E-state index contributed by atoms with van der Waals surface area (Å²) in [6.45, 7) is 4.23. The lowest BCUT2D eigenvalue weighted by Crippen LogP contribution is -2.12. The third-order valence-electron chi connectivity index (χ3n) is 2.86. The SMILES string of the molecule is COCCOCCn1nnnc1-c1cc(C)ccc1N. The standard InChI is InChI=1S/C13H19N5O2/c1-10-3-4-12(14)11(9-10)13-15-16-17-18(13)5-6-20-8-7-19-2/h3-4,9H,5-8,14H2,1-2H3. The third-order valence-corrected chi connectivity index (χ3v) is 2.86. The van der Waals surface area contributed by atoms with E-state index in [2.05, 4.69) is 15.5 Å². The molecule has 0 atom stereocenters. The topological polar surface area (TPSA) is 88.1 Å². The number of hydrogen-bond acceptors (Lipinski definition) is 6. The minimum Gasteiger partial charge on any atom is -0.398 e. The molecule has 2 N–H and O–H groups in total. The van der Waals surface area contributed by atoms with Gasteiger partial charge in [-0.15, -0.1) is 5.10 Å². The summed E-state index contributed by atoms with van der Waals surface area (Å²) in [5, 5.41) is 11.7. The van der Waals surface area contributed by atoms with Crippen LogP contribution >= 0.6 is 0 Å². The summed E-state index contributed by atoms with van der Waals surface area (Å²) in [5.74, 6) is 0.654. The molecule has 1 heterocycles. The highest BCUT2D eigenvalue weighted by atomic mass is 16.5. The Bertz CT molecular complexity index is 555. The third kappa shape index (κ3) is 3.52. The Labute approximate surface area is 117 Å². The molecule has 0 saturated heterocycles. The second-order valence-electron chi connectivity index (χ2n) is 4.42. The molecule has 0 aliphatic heterocycles.